The fraction of sp³-hybridized carbons (Fsp3) is 0.833. The molecule has 4 aliphatic carbocycles. The standard InChI is InChI=1S/C24H34O4/c25-21-20(19(17-10-11-17)16-4-2-1-3-5-16)24(27)28-23(22(21)26)18(12-14-6-7-14)13-15-8-9-15/h14-19,23,25H,1-13H2. The monoisotopic (exact) mass is 386 g/mol. The summed E-state index contributed by atoms with van der Waals surface area (Å²) in [6, 6.07) is 0. The Balaban J connectivity index is 1.39. The molecule has 1 N–H and O–H groups in total. The molecule has 4 nitrogen and oxygen atoms in total. The van der Waals surface area contributed by atoms with Crippen molar-refractivity contribution in [2.45, 2.75) is 89.6 Å². The van der Waals surface area contributed by atoms with Gasteiger partial charge in [0.05, 0.1) is 5.57 Å². The van der Waals surface area contributed by atoms with Crippen molar-refractivity contribution in [2.24, 2.45) is 35.5 Å². The molecule has 154 valence electrons. The van der Waals surface area contributed by atoms with E-state index in [-0.39, 0.29) is 29.3 Å². The van der Waals surface area contributed by atoms with Crippen LogP contribution in [0.25, 0.3) is 0 Å². The first-order valence-electron chi connectivity index (χ1n) is 11.8. The Morgan fingerprint density at radius 1 is 0.821 bits per heavy atom. The van der Waals surface area contributed by atoms with Crippen molar-refractivity contribution < 1.29 is 19.4 Å². The number of cyclic esters (lactones) is 1. The number of ether oxygens (including phenoxy) is 1. The number of aliphatic hydroxyl groups excluding tert-OH is 1. The van der Waals surface area contributed by atoms with Gasteiger partial charge in [0.15, 0.2) is 11.9 Å². The number of aliphatic hydroxyl groups is 1. The third-order valence-electron chi connectivity index (χ3n) is 7.92. The summed E-state index contributed by atoms with van der Waals surface area (Å²) in [4.78, 5) is 26.3. The molecule has 0 bridgehead atoms. The molecule has 5 rings (SSSR count). The van der Waals surface area contributed by atoms with Crippen molar-refractivity contribution in [2.75, 3.05) is 0 Å². The Morgan fingerprint density at radius 2 is 1.39 bits per heavy atom. The van der Waals surface area contributed by atoms with Crippen LogP contribution in [0.15, 0.2) is 11.3 Å². The van der Waals surface area contributed by atoms with Gasteiger partial charge in [-0.1, -0.05) is 44.9 Å². The van der Waals surface area contributed by atoms with E-state index in [0.29, 0.717) is 29.2 Å². The van der Waals surface area contributed by atoms with Crippen molar-refractivity contribution in [1.82, 2.24) is 0 Å². The molecule has 0 amide bonds. The van der Waals surface area contributed by atoms with Crippen LogP contribution in [-0.2, 0) is 14.3 Å². The minimum Gasteiger partial charge on any atom is -0.504 e. The van der Waals surface area contributed by atoms with Crippen molar-refractivity contribution in [3.8, 4) is 0 Å². The Kier molecular flexibility index (Phi) is 5.00. The van der Waals surface area contributed by atoms with Crippen LogP contribution in [0.2, 0.25) is 0 Å². The van der Waals surface area contributed by atoms with Crippen molar-refractivity contribution in [3.63, 3.8) is 0 Å². The van der Waals surface area contributed by atoms with Crippen molar-refractivity contribution >= 4 is 11.8 Å². The highest BCUT2D eigenvalue weighted by Crippen LogP contribution is 2.51. The number of Topliss-reactive ketones (excluding diaryl/α,β-unsaturated/α-hetero) is 1. The van der Waals surface area contributed by atoms with Gasteiger partial charge in [-0.15, -0.1) is 0 Å². The van der Waals surface area contributed by atoms with Crippen LogP contribution >= 0.6 is 0 Å². The molecule has 4 saturated carbocycles. The fourth-order valence-electron chi connectivity index (χ4n) is 5.91. The molecule has 4 heteroatoms. The number of esters is 1. The summed E-state index contributed by atoms with van der Waals surface area (Å²) in [6.07, 6.45) is 14.2. The maximum absolute atomic E-state index is 13.2. The normalized spacial score (nSPS) is 30.7. The molecule has 0 radical (unpaired) electrons. The second-order valence-electron chi connectivity index (χ2n) is 10.3. The zero-order valence-electron chi connectivity index (χ0n) is 16.9. The maximum Gasteiger partial charge on any atom is 0.338 e. The summed E-state index contributed by atoms with van der Waals surface area (Å²) in [5, 5.41) is 10.9. The molecule has 2 unspecified atom stereocenters. The van der Waals surface area contributed by atoms with Gasteiger partial charge in [0.1, 0.15) is 0 Å². The van der Waals surface area contributed by atoms with Crippen LogP contribution in [0, 0.1) is 35.5 Å². The summed E-state index contributed by atoms with van der Waals surface area (Å²) < 4.78 is 5.84. The molecular formula is C24H34O4. The molecule has 0 saturated heterocycles. The van der Waals surface area contributed by atoms with Crippen LogP contribution < -0.4 is 0 Å². The zero-order chi connectivity index (χ0) is 19.3. The predicted octanol–water partition coefficient (Wildman–Crippen LogP) is 5.12. The van der Waals surface area contributed by atoms with Gasteiger partial charge in [-0.3, -0.25) is 4.79 Å². The van der Waals surface area contributed by atoms with E-state index in [0.717, 1.165) is 38.5 Å². The topological polar surface area (TPSA) is 63.6 Å². The Bertz CT molecular complexity index is 648. The lowest BCUT2D eigenvalue weighted by atomic mass is 9.72. The molecule has 0 aromatic carbocycles. The second kappa shape index (κ2) is 7.50. The molecule has 2 atom stereocenters. The van der Waals surface area contributed by atoms with Crippen molar-refractivity contribution in [3.05, 3.63) is 11.3 Å². The van der Waals surface area contributed by atoms with E-state index >= 15 is 0 Å². The largest absolute Gasteiger partial charge is 0.504 e. The van der Waals surface area contributed by atoms with Gasteiger partial charge in [0.2, 0.25) is 5.78 Å². The van der Waals surface area contributed by atoms with E-state index < -0.39 is 6.10 Å². The SMILES string of the molecule is O=C1OC(C(CC2CC2)CC2CC2)C(=O)C(O)=C1C(C1CCCCC1)C1CC1. The van der Waals surface area contributed by atoms with Gasteiger partial charge in [-0.05, 0) is 62.2 Å². The molecule has 0 spiro atoms. The first-order chi connectivity index (χ1) is 13.6. The van der Waals surface area contributed by atoms with Crippen molar-refractivity contribution in [1.29, 1.82) is 0 Å². The number of carbonyl (C=O) groups excluding carboxylic acids is 2. The van der Waals surface area contributed by atoms with Gasteiger partial charge in [-0.25, -0.2) is 4.79 Å². The summed E-state index contributed by atoms with van der Waals surface area (Å²) >= 11 is 0. The first kappa shape index (κ1) is 18.7. The van der Waals surface area contributed by atoms with Crippen LogP contribution in [0.1, 0.15) is 83.5 Å². The smallest absolute Gasteiger partial charge is 0.338 e. The number of rotatable bonds is 8. The number of hydrogen-bond acceptors (Lipinski definition) is 4. The number of hydrogen-bond donors (Lipinski definition) is 1. The lowest BCUT2D eigenvalue weighted by Gasteiger charge is -2.36. The molecule has 5 aliphatic rings. The molecule has 1 heterocycles. The molecule has 4 fully saturated rings. The summed E-state index contributed by atoms with van der Waals surface area (Å²) in [5.41, 5.74) is 0.340. The van der Waals surface area contributed by atoms with Gasteiger partial charge in [0.25, 0.3) is 0 Å². The highest BCUT2D eigenvalue weighted by atomic mass is 16.6. The highest BCUT2D eigenvalue weighted by Gasteiger charge is 2.50. The fourth-order valence-corrected chi connectivity index (χ4v) is 5.91. The molecule has 28 heavy (non-hydrogen) atoms. The summed E-state index contributed by atoms with van der Waals surface area (Å²) in [5.74, 6) is 1.43. The Labute approximate surface area is 168 Å². The Hall–Kier alpha value is -1.32. The minimum absolute atomic E-state index is 0.0306. The number of carbonyl (C=O) groups is 2. The van der Waals surface area contributed by atoms with E-state index in [4.69, 9.17) is 4.74 Å². The third-order valence-corrected chi connectivity index (χ3v) is 7.92. The first-order valence-corrected chi connectivity index (χ1v) is 11.8. The maximum atomic E-state index is 13.2. The van der Waals surface area contributed by atoms with Crippen LogP contribution in [0.5, 0.6) is 0 Å². The highest BCUT2D eigenvalue weighted by molar-refractivity contribution is 6.08. The van der Waals surface area contributed by atoms with E-state index in [2.05, 4.69) is 0 Å². The second-order valence-corrected chi connectivity index (χ2v) is 10.3. The average molecular weight is 387 g/mol. The van der Waals surface area contributed by atoms with E-state index in [9.17, 15) is 14.7 Å². The van der Waals surface area contributed by atoms with E-state index in [1.807, 2.05) is 0 Å². The van der Waals surface area contributed by atoms with Crippen LogP contribution in [0.3, 0.4) is 0 Å². The molecular weight excluding hydrogens is 352 g/mol. The van der Waals surface area contributed by atoms with Gasteiger partial charge in [-0.2, -0.15) is 0 Å². The predicted molar refractivity (Wildman–Crippen MR) is 106 cm³/mol. The van der Waals surface area contributed by atoms with Crippen LogP contribution in [-0.4, -0.2) is 23.0 Å². The minimum atomic E-state index is -0.747. The Morgan fingerprint density at radius 3 is 1.93 bits per heavy atom. The lowest BCUT2D eigenvalue weighted by Crippen LogP contribution is -2.43. The average Bonchev–Trinajstić information content (AvgIpc) is 3.54. The summed E-state index contributed by atoms with van der Waals surface area (Å²) in [6.45, 7) is 0. The van der Waals surface area contributed by atoms with Gasteiger partial charge < -0.3 is 9.84 Å². The van der Waals surface area contributed by atoms with E-state index in [1.54, 1.807) is 0 Å². The lowest BCUT2D eigenvalue weighted by molar-refractivity contribution is -0.159. The van der Waals surface area contributed by atoms with Gasteiger partial charge in [0, 0.05) is 11.8 Å². The third kappa shape index (κ3) is 3.89. The molecule has 1 aliphatic heterocycles. The molecule has 0 aromatic heterocycles. The van der Waals surface area contributed by atoms with Crippen LogP contribution in [0.4, 0.5) is 0 Å². The quantitative estimate of drug-likeness (QED) is 0.588. The van der Waals surface area contributed by atoms with Gasteiger partial charge >= 0.3 is 5.97 Å². The summed E-state index contributed by atoms with van der Waals surface area (Å²) in [7, 11) is 0. The zero-order valence-corrected chi connectivity index (χ0v) is 16.9. The number of ketones is 1. The molecule has 0 aromatic rings. The van der Waals surface area contributed by atoms with E-state index in [1.165, 1.54) is 44.9 Å².